The van der Waals surface area contributed by atoms with Gasteiger partial charge in [0.2, 0.25) is 0 Å². The zero-order chi connectivity index (χ0) is 35.0. The van der Waals surface area contributed by atoms with Gasteiger partial charge in [0.1, 0.15) is 17.2 Å². The molecule has 0 N–H and O–H groups in total. The summed E-state index contributed by atoms with van der Waals surface area (Å²) in [5, 5.41) is 0. The van der Waals surface area contributed by atoms with E-state index in [-0.39, 0.29) is 35.6 Å². The zero-order valence-corrected chi connectivity index (χ0v) is 29.9. The zero-order valence-electron chi connectivity index (χ0n) is 29.9. The van der Waals surface area contributed by atoms with Gasteiger partial charge < -0.3 is 28.9 Å². The molecule has 0 bridgehead atoms. The summed E-state index contributed by atoms with van der Waals surface area (Å²) in [6.07, 6.45) is 5.27. The second kappa shape index (κ2) is 16.6. The Morgan fingerprint density at radius 2 is 1.67 bits per heavy atom. The smallest absolute Gasteiger partial charge is 0.410 e. The number of hydrogen-bond acceptors (Lipinski definition) is 6. The first-order valence-corrected chi connectivity index (χ1v) is 17.5. The van der Waals surface area contributed by atoms with Crippen LogP contribution < -0.4 is 4.74 Å². The molecule has 2 aromatic carbocycles. The third-order valence-corrected chi connectivity index (χ3v) is 8.95. The van der Waals surface area contributed by atoms with Crippen molar-refractivity contribution in [3.8, 4) is 16.9 Å². The molecule has 0 radical (unpaired) electrons. The van der Waals surface area contributed by atoms with E-state index >= 15 is 4.39 Å². The van der Waals surface area contributed by atoms with Gasteiger partial charge in [0.05, 0.1) is 12.6 Å². The van der Waals surface area contributed by atoms with Crippen molar-refractivity contribution in [1.29, 1.82) is 0 Å². The summed E-state index contributed by atoms with van der Waals surface area (Å²) in [6.45, 7) is 14.6. The molecule has 264 valence electrons. The highest BCUT2D eigenvalue weighted by atomic mass is 19.1. The Morgan fingerprint density at radius 1 is 0.958 bits per heavy atom. The van der Waals surface area contributed by atoms with Crippen LogP contribution in [0.1, 0.15) is 106 Å². The van der Waals surface area contributed by atoms with Crippen molar-refractivity contribution in [2.75, 3.05) is 46.5 Å². The van der Waals surface area contributed by atoms with Crippen molar-refractivity contribution < 1.29 is 33.0 Å². The summed E-state index contributed by atoms with van der Waals surface area (Å²) in [7, 11) is 1.62. The van der Waals surface area contributed by atoms with Crippen LogP contribution in [0.5, 0.6) is 5.75 Å². The molecule has 4 rings (SSSR count). The monoisotopic (exact) mass is 667 g/mol. The molecule has 2 aliphatic heterocycles. The molecule has 0 spiro atoms. The first-order chi connectivity index (χ1) is 22.8. The van der Waals surface area contributed by atoms with E-state index in [4.69, 9.17) is 14.2 Å². The fraction of sp³-hybridized carbons (Fsp3) is 0.605. The van der Waals surface area contributed by atoms with Gasteiger partial charge >= 0.3 is 6.09 Å². The van der Waals surface area contributed by atoms with E-state index in [2.05, 4.69) is 0 Å². The third-order valence-electron chi connectivity index (χ3n) is 8.95. The van der Waals surface area contributed by atoms with Crippen LogP contribution in [0.2, 0.25) is 0 Å². The van der Waals surface area contributed by atoms with Gasteiger partial charge in [0.25, 0.3) is 11.8 Å². The van der Waals surface area contributed by atoms with E-state index in [0.29, 0.717) is 74.7 Å². The maximum atomic E-state index is 15.6. The lowest BCUT2D eigenvalue weighted by Crippen LogP contribution is -2.54. The molecule has 1 unspecified atom stereocenters. The number of carbonyl (C=O) groups excluding carboxylic acids is 3. The number of rotatable bonds is 11. The number of nitrogens with zero attached hydrogens (tertiary/aromatic N) is 3. The molecule has 2 aliphatic rings. The van der Waals surface area contributed by atoms with Gasteiger partial charge in [-0.25, -0.2) is 9.18 Å². The van der Waals surface area contributed by atoms with Crippen LogP contribution in [-0.4, -0.2) is 96.8 Å². The van der Waals surface area contributed by atoms with Crippen molar-refractivity contribution in [3.63, 3.8) is 0 Å². The summed E-state index contributed by atoms with van der Waals surface area (Å²) in [5.74, 6) is -0.376. The van der Waals surface area contributed by atoms with E-state index < -0.39 is 11.4 Å². The van der Waals surface area contributed by atoms with Crippen molar-refractivity contribution in [2.24, 2.45) is 0 Å². The van der Waals surface area contributed by atoms with E-state index in [9.17, 15) is 14.4 Å². The Hall–Kier alpha value is -3.66. The molecule has 48 heavy (non-hydrogen) atoms. The Balaban J connectivity index is 1.72. The SMILES string of the molecule is CCc1cc(-c2cc(C(=O)N3CCCCC3)ccc2F)c(OCCCOC)cc1C(=O)N(C(C)C)C1CCCN(C(=O)OC(C)(C)C)C1. The Morgan fingerprint density at radius 3 is 2.31 bits per heavy atom. The van der Waals surface area contributed by atoms with Crippen LogP contribution in [-0.2, 0) is 15.9 Å². The predicted octanol–water partition coefficient (Wildman–Crippen LogP) is 7.35. The summed E-state index contributed by atoms with van der Waals surface area (Å²) in [4.78, 5) is 46.3. The lowest BCUT2D eigenvalue weighted by Gasteiger charge is -2.42. The molecule has 9 nitrogen and oxygen atoms in total. The number of piperidine rings is 2. The highest BCUT2D eigenvalue weighted by Gasteiger charge is 2.35. The quantitative estimate of drug-likeness (QED) is 0.233. The number of aryl methyl sites for hydroxylation is 1. The van der Waals surface area contributed by atoms with Crippen LogP contribution in [0.3, 0.4) is 0 Å². The van der Waals surface area contributed by atoms with Gasteiger partial charge in [-0.15, -0.1) is 0 Å². The molecule has 2 heterocycles. The second-order valence-electron chi connectivity index (χ2n) is 14.1. The van der Waals surface area contributed by atoms with Gasteiger partial charge in [-0.1, -0.05) is 6.92 Å². The van der Waals surface area contributed by atoms with Crippen molar-refractivity contribution >= 4 is 17.9 Å². The normalized spacial score (nSPS) is 17.0. The third kappa shape index (κ3) is 9.27. The molecular weight excluding hydrogens is 613 g/mol. The molecule has 1 atom stereocenters. The minimum Gasteiger partial charge on any atom is -0.493 e. The first kappa shape index (κ1) is 37.2. The minimum atomic E-state index is -0.616. The lowest BCUT2D eigenvalue weighted by atomic mass is 9.93. The number of methoxy groups -OCH3 is 1. The Bertz CT molecular complexity index is 1430. The number of benzene rings is 2. The average molecular weight is 668 g/mol. The average Bonchev–Trinajstić information content (AvgIpc) is 3.06. The van der Waals surface area contributed by atoms with Gasteiger partial charge in [0.15, 0.2) is 0 Å². The highest BCUT2D eigenvalue weighted by molar-refractivity contribution is 5.99. The van der Waals surface area contributed by atoms with Gasteiger partial charge in [-0.05, 0) is 109 Å². The van der Waals surface area contributed by atoms with Crippen LogP contribution in [0.25, 0.3) is 11.1 Å². The number of halogens is 1. The molecule has 2 saturated heterocycles. The highest BCUT2D eigenvalue weighted by Crippen LogP contribution is 2.37. The van der Waals surface area contributed by atoms with E-state index in [1.807, 2.05) is 57.4 Å². The number of ether oxygens (including phenoxy) is 3. The van der Waals surface area contributed by atoms with E-state index in [1.54, 1.807) is 30.2 Å². The van der Waals surface area contributed by atoms with Crippen LogP contribution in [0, 0.1) is 5.82 Å². The molecule has 0 aromatic heterocycles. The summed E-state index contributed by atoms with van der Waals surface area (Å²) >= 11 is 0. The molecule has 3 amide bonds. The summed E-state index contributed by atoms with van der Waals surface area (Å²) in [5.41, 5.74) is 1.79. The number of amides is 3. The van der Waals surface area contributed by atoms with Gasteiger partial charge in [-0.2, -0.15) is 0 Å². The lowest BCUT2D eigenvalue weighted by molar-refractivity contribution is 0.00749. The topological polar surface area (TPSA) is 88.6 Å². The van der Waals surface area contributed by atoms with Crippen LogP contribution in [0.4, 0.5) is 9.18 Å². The Labute approximate surface area is 285 Å². The number of hydrogen-bond donors (Lipinski definition) is 0. The largest absolute Gasteiger partial charge is 0.493 e. The van der Waals surface area contributed by atoms with Crippen LogP contribution in [0.15, 0.2) is 30.3 Å². The van der Waals surface area contributed by atoms with Crippen LogP contribution >= 0.6 is 0 Å². The first-order valence-electron chi connectivity index (χ1n) is 17.5. The fourth-order valence-electron chi connectivity index (χ4n) is 6.61. The molecular formula is C38H54FN3O6. The molecule has 2 aromatic rings. The Kier molecular flexibility index (Phi) is 12.9. The van der Waals surface area contributed by atoms with Crippen molar-refractivity contribution in [3.05, 3.63) is 52.8 Å². The van der Waals surface area contributed by atoms with E-state index in [1.165, 1.54) is 6.07 Å². The predicted molar refractivity (Wildman–Crippen MR) is 185 cm³/mol. The summed E-state index contributed by atoms with van der Waals surface area (Å²) < 4.78 is 32.7. The van der Waals surface area contributed by atoms with E-state index in [0.717, 1.165) is 37.7 Å². The standard InChI is InChI=1S/C38H54FN3O6/c1-8-27-22-32(31-23-28(15-16-33(31)39)35(43)40-17-10-9-11-18-40)34(47-21-13-20-46-7)24-30(27)36(44)42(26(2)3)29-14-12-19-41(25-29)37(45)48-38(4,5)6/h15-16,22-24,26,29H,8-14,17-21,25H2,1-7H3. The fourth-order valence-corrected chi connectivity index (χ4v) is 6.61. The molecule has 0 saturated carbocycles. The maximum absolute atomic E-state index is 15.6. The second-order valence-corrected chi connectivity index (χ2v) is 14.1. The minimum absolute atomic E-state index is 0.110. The van der Waals surface area contributed by atoms with Crippen molar-refractivity contribution in [1.82, 2.24) is 14.7 Å². The number of carbonyl (C=O) groups is 3. The molecule has 2 fully saturated rings. The van der Waals surface area contributed by atoms with Gasteiger partial charge in [0, 0.05) is 74.6 Å². The van der Waals surface area contributed by atoms with Gasteiger partial charge in [-0.3, -0.25) is 9.59 Å². The van der Waals surface area contributed by atoms with Crippen molar-refractivity contribution in [2.45, 2.75) is 104 Å². The summed E-state index contributed by atoms with van der Waals surface area (Å²) in [6, 6.07) is 7.70. The maximum Gasteiger partial charge on any atom is 0.410 e. The molecule has 10 heteroatoms. The number of likely N-dealkylation sites (tertiary alicyclic amines) is 2. The molecule has 0 aliphatic carbocycles.